The molecule has 2 heterocycles. The zero-order chi connectivity index (χ0) is 17.3. The number of hydrogen-bond acceptors (Lipinski definition) is 3. The van der Waals surface area contributed by atoms with E-state index in [4.69, 9.17) is 0 Å². The number of imidazole rings is 1. The molecule has 0 unspecified atom stereocenters. The topological polar surface area (TPSA) is 63.5 Å². The van der Waals surface area contributed by atoms with Crippen LogP contribution < -0.4 is 4.72 Å². The Labute approximate surface area is 145 Å². The number of sulfonamides is 1. The Morgan fingerprint density at radius 3 is 2.48 bits per heavy atom. The lowest BCUT2D eigenvalue weighted by Gasteiger charge is -2.09. The zero-order valence-corrected chi connectivity index (χ0v) is 14.0. The van der Waals surface area contributed by atoms with E-state index in [0.29, 0.717) is 5.69 Å². The predicted molar refractivity (Wildman–Crippen MR) is 97.9 cm³/mol. The van der Waals surface area contributed by atoms with Gasteiger partial charge >= 0.3 is 0 Å². The van der Waals surface area contributed by atoms with E-state index in [1.807, 2.05) is 47.1 Å². The van der Waals surface area contributed by atoms with Gasteiger partial charge in [0, 0.05) is 23.6 Å². The molecule has 0 bridgehead atoms. The average Bonchev–Trinajstić information content (AvgIpc) is 3.07. The molecule has 4 aromatic rings. The van der Waals surface area contributed by atoms with Gasteiger partial charge in [-0.2, -0.15) is 0 Å². The third kappa shape index (κ3) is 3.12. The highest BCUT2D eigenvalue weighted by Crippen LogP contribution is 2.24. The number of anilines is 1. The molecule has 0 saturated heterocycles. The minimum atomic E-state index is -3.61. The summed E-state index contributed by atoms with van der Waals surface area (Å²) in [5.74, 6) is 0. The molecule has 0 fully saturated rings. The molecule has 0 saturated carbocycles. The van der Waals surface area contributed by atoms with Crippen LogP contribution in [-0.4, -0.2) is 17.8 Å². The Morgan fingerprint density at radius 2 is 1.68 bits per heavy atom. The lowest BCUT2D eigenvalue weighted by atomic mass is 10.1. The SMILES string of the molecule is O=S(=O)(Nc1cccc(-c2cn3ccccc3n2)c1)c1ccccc1. The van der Waals surface area contributed by atoms with Gasteiger partial charge in [-0.25, -0.2) is 13.4 Å². The van der Waals surface area contributed by atoms with Crippen LogP contribution in [0.25, 0.3) is 16.9 Å². The maximum absolute atomic E-state index is 12.5. The van der Waals surface area contributed by atoms with Crippen molar-refractivity contribution in [3.63, 3.8) is 0 Å². The van der Waals surface area contributed by atoms with E-state index in [0.717, 1.165) is 16.9 Å². The minimum absolute atomic E-state index is 0.230. The molecule has 0 radical (unpaired) electrons. The fraction of sp³-hybridized carbons (Fsp3) is 0. The number of rotatable bonds is 4. The van der Waals surface area contributed by atoms with Crippen molar-refractivity contribution in [3.05, 3.63) is 85.2 Å². The summed E-state index contributed by atoms with van der Waals surface area (Å²) in [4.78, 5) is 4.79. The quantitative estimate of drug-likeness (QED) is 0.609. The molecule has 0 atom stereocenters. The smallest absolute Gasteiger partial charge is 0.261 e. The van der Waals surface area contributed by atoms with Gasteiger partial charge < -0.3 is 4.40 Å². The van der Waals surface area contributed by atoms with Gasteiger partial charge in [-0.05, 0) is 36.4 Å². The van der Waals surface area contributed by atoms with E-state index in [1.54, 1.807) is 42.5 Å². The molecule has 0 aliphatic heterocycles. The molecule has 4 rings (SSSR count). The number of fused-ring (bicyclic) bond motifs is 1. The largest absolute Gasteiger partial charge is 0.306 e. The summed E-state index contributed by atoms with van der Waals surface area (Å²) < 4.78 is 29.5. The molecule has 5 nitrogen and oxygen atoms in total. The van der Waals surface area contributed by atoms with Crippen LogP contribution in [0.5, 0.6) is 0 Å². The summed E-state index contributed by atoms with van der Waals surface area (Å²) in [6.07, 6.45) is 3.84. The van der Waals surface area contributed by atoms with Gasteiger partial charge in [-0.15, -0.1) is 0 Å². The maximum Gasteiger partial charge on any atom is 0.261 e. The lowest BCUT2D eigenvalue weighted by molar-refractivity contribution is 0.601. The molecular weight excluding hydrogens is 334 g/mol. The van der Waals surface area contributed by atoms with Crippen LogP contribution in [0.4, 0.5) is 5.69 Å². The molecule has 6 heteroatoms. The van der Waals surface area contributed by atoms with Crippen molar-refractivity contribution in [2.24, 2.45) is 0 Å². The number of benzene rings is 2. The van der Waals surface area contributed by atoms with E-state index in [2.05, 4.69) is 9.71 Å². The number of hydrogen-bond donors (Lipinski definition) is 1. The van der Waals surface area contributed by atoms with Crippen molar-refractivity contribution in [1.29, 1.82) is 0 Å². The van der Waals surface area contributed by atoms with Crippen molar-refractivity contribution >= 4 is 21.4 Å². The third-order valence-corrected chi connectivity index (χ3v) is 5.23. The summed E-state index contributed by atoms with van der Waals surface area (Å²) in [5, 5.41) is 0. The Kier molecular flexibility index (Phi) is 3.74. The van der Waals surface area contributed by atoms with E-state index in [-0.39, 0.29) is 4.90 Å². The molecule has 0 spiro atoms. The Bertz CT molecular complexity index is 1100. The van der Waals surface area contributed by atoms with Crippen LogP contribution in [0.1, 0.15) is 0 Å². The standard InChI is InChI=1S/C19H15N3O2S/c23-25(24,17-9-2-1-3-10-17)21-16-8-6-7-15(13-16)18-14-22-12-5-4-11-19(22)20-18/h1-14,21H. The Hall–Kier alpha value is -3.12. The van der Waals surface area contributed by atoms with Gasteiger partial charge in [0.05, 0.1) is 10.6 Å². The zero-order valence-electron chi connectivity index (χ0n) is 13.2. The van der Waals surface area contributed by atoms with Crippen molar-refractivity contribution in [3.8, 4) is 11.3 Å². The molecule has 25 heavy (non-hydrogen) atoms. The predicted octanol–water partition coefficient (Wildman–Crippen LogP) is 3.80. The van der Waals surface area contributed by atoms with Crippen molar-refractivity contribution < 1.29 is 8.42 Å². The fourth-order valence-corrected chi connectivity index (χ4v) is 3.70. The lowest BCUT2D eigenvalue weighted by Crippen LogP contribution is -2.12. The molecule has 0 amide bonds. The summed E-state index contributed by atoms with van der Waals surface area (Å²) >= 11 is 0. The molecule has 1 N–H and O–H groups in total. The summed E-state index contributed by atoms with van der Waals surface area (Å²) in [6, 6.07) is 21.3. The van der Waals surface area contributed by atoms with Gasteiger partial charge in [-0.3, -0.25) is 4.72 Å². The van der Waals surface area contributed by atoms with E-state index in [1.165, 1.54) is 0 Å². The number of nitrogens with one attached hydrogen (secondary N) is 1. The van der Waals surface area contributed by atoms with E-state index < -0.39 is 10.0 Å². The number of pyridine rings is 1. The van der Waals surface area contributed by atoms with Gasteiger partial charge in [-0.1, -0.05) is 36.4 Å². The highest BCUT2D eigenvalue weighted by molar-refractivity contribution is 7.92. The van der Waals surface area contributed by atoms with Gasteiger partial charge in [0.2, 0.25) is 0 Å². The fourth-order valence-electron chi connectivity index (χ4n) is 2.63. The van der Waals surface area contributed by atoms with Crippen LogP contribution in [0.15, 0.2) is 90.1 Å². The van der Waals surface area contributed by atoms with Crippen LogP contribution in [0, 0.1) is 0 Å². The van der Waals surface area contributed by atoms with Crippen LogP contribution >= 0.6 is 0 Å². The molecular formula is C19H15N3O2S. The Morgan fingerprint density at radius 1 is 0.880 bits per heavy atom. The molecule has 2 aromatic carbocycles. The highest BCUT2D eigenvalue weighted by atomic mass is 32.2. The van der Waals surface area contributed by atoms with Gasteiger partial charge in [0.15, 0.2) is 0 Å². The normalized spacial score (nSPS) is 11.5. The average molecular weight is 349 g/mol. The molecule has 0 aliphatic rings. The maximum atomic E-state index is 12.5. The highest BCUT2D eigenvalue weighted by Gasteiger charge is 2.14. The monoisotopic (exact) mass is 349 g/mol. The number of nitrogens with zero attached hydrogens (tertiary/aromatic N) is 2. The first-order chi connectivity index (χ1) is 12.1. The second-order valence-corrected chi connectivity index (χ2v) is 7.27. The molecule has 0 aliphatic carbocycles. The van der Waals surface area contributed by atoms with Crippen LogP contribution in [0.3, 0.4) is 0 Å². The van der Waals surface area contributed by atoms with Gasteiger partial charge in [0.25, 0.3) is 10.0 Å². The Balaban J connectivity index is 1.68. The summed E-state index contributed by atoms with van der Waals surface area (Å²) in [7, 11) is -3.61. The van der Waals surface area contributed by atoms with Crippen LogP contribution in [-0.2, 0) is 10.0 Å². The third-order valence-electron chi connectivity index (χ3n) is 3.83. The van der Waals surface area contributed by atoms with Gasteiger partial charge in [0.1, 0.15) is 5.65 Å². The van der Waals surface area contributed by atoms with E-state index >= 15 is 0 Å². The summed E-state index contributed by atoms with van der Waals surface area (Å²) in [6.45, 7) is 0. The van der Waals surface area contributed by atoms with Crippen molar-refractivity contribution in [2.45, 2.75) is 4.90 Å². The first kappa shape index (κ1) is 15.4. The van der Waals surface area contributed by atoms with Crippen LogP contribution in [0.2, 0.25) is 0 Å². The molecule has 2 aromatic heterocycles. The molecule has 124 valence electrons. The first-order valence-electron chi connectivity index (χ1n) is 7.74. The van der Waals surface area contributed by atoms with Crippen molar-refractivity contribution in [2.75, 3.05) is 4.72 Å². The second kappa shape index (κ2) is 6.07. The second-order valence-electron chi connectivity index (χ2n) is 5.59. The number of aromatic nitrogens is 2. The van der Waals surface area contributed by atoms with Crippen molar-refractivity contribution in [1.82, 2.24) is 9.38 Å². The summed E-state index contributed by atoms with van der Waals surface area (Å²) in [5.41, 5.74) is 2.97. The minimum Gasteiger partial charge on any atom is -0.306 e. The van der Waals surface area contributed by atoms with E-state index in [9.17, 15) is 8.42 Å². The first-order valence-corrected chi connectivity index (χ1v) is 9.22.